The number of likely N-dealkylation sites (N-methyl/N-ethyl adjacent to an activating group) is 1. The van der Waals surface area contributed by atoms with Crippen molar-refractivity contribution in [3.8, 4) is 0 Å². The van der Waals surface area contributed by atoms with E-state index in [1.807, 2.05) is 18.4 Å². The molecule has 0 spiro atoms. The minimum atomic E-state index is -0.00183. The first kappa shape index (κ1) is 16.8. The number of nitrogens with zero attached hydrogens (tertiary/aromatic N) is 1. The summed E-state index contributed by atoms with van der Waals surface area (Å²) in [7, 11) is 4.27. The second kappa shape index (κ2) is 6.24. The number of nitrogens with one attached hydrogen (secondary N) is 1. The Hall–Kier alpha value is -1.68. The third kappa shape index (κ3) is 3.01. The zero-order chi connectivity index (χ0) is 17.6. The smallest absolute Gasteiger partial charge is 0.0375 e. The molecule has 1 aromatic heterocycles. The monoisotopic (exact) mass is 350 g/mol. The van der Waals surface area contributed by atoms with Crippen molar-refractivity contribution in [2.45, 2.75) is 31.8 Å². The molecule has 1 atom stereocenters. The van der Waals surface area contributed by atoms with Gasteiger partial charge in [-0.25, -0.2) is 0 Å². The molecule has 0 saturated carbocycles. The maximum absolute atomic E-state index is 3.42. The lowest BCUT2D eigenvalue weighted by atomic mass is 9.84. The van der Waals surface area contributed by atoms with Gasteiger partial charge < -0.3 is 10.2 Å². The van der Waals surface area contributed by atoms with E-state index in [9.17, 15) is 0 Å². The van der Waals surface area contributed by atoms with Crippen LogP contribution in [0.4, 0.5) is 0 Å². The summed E-state index contributed by atoms with van der Waals surface area (Å²) in [5.41, 5.74) is 4.33. The maximum atomic E-state index is 3.42. The standard InChI is InChI=1S/C22H26N2S/c1-22(2,23-3)17-9-10-18-16(11-17)13-24(4)14-19(18)21-12-15-7-5-6-8-20(15)25-21/h5-12,19,23H,13-14H2,1-4H3. The third-order valence-corrected chi connectivity index (χ3v) is 6.82. The van der Waals surface area contributed by atoms with Crippen molar-refractivity contribution >= 4 is 21.4 Å². The molecule has 2 heterocycles. The summed E-state index contributed by atoms with van der Waals surface area (Å²) in [6.07, 6.45) is 0. The molecule has 2 nitrogen and oxygen atoms in total. The van der Waals surface area contributed by atoms with Crippen LogP contribution < -0.4 is 5.32 Å². The van der Waals surface area contributed by atoms with E-state index >= 15 is 0 Å². The van der Waals surface area contributed by atoms with E-state index in [4.69, 9.17) is 0 Å². The Morgan fingerprint density at radius 3 is 2.68 bits per heavy atom. The summed E-state index contributed by atoms with van der Waals surface area (Å²) in [6.45, 7) is 6.61. The molecule has 25 heavy (non-hydrogen) atoms. The summed E-state index contributed by atoms with van der Waals surface area (Å²) >= 11 is 1.94. The second-order valence-corrected chi connectivity index (χ2v) is 8.84. The Kier molecular flexibility index (Phi) is 4.19. The van der Waals surface area contributed by atoms with Gasteiger partial charge in [-0.15, -0.1) is 11.3 Å². The lowest BCUT2D eigenvalue weighted by molar-refractivity contribution is 0.296. The highest BCUT2D eigenvalue weighted by Crippen LogP contribution is 2.39. The van der Waals surface area contributed by atoms with Gasteiger partial charge in [0.1, 0.15) is 0 Å². The molecule has 130 valence electrons. The molecular weight excluding hydrogens is 324 g/mol. The van der Waals surface area contributed by atoms with Gasteiger partial charge >= 0.3 is 0 Å². The van der Waals surface area contributed by atoms with Crippen LogP contribution >= 0.6 is 11.3 Å². The number of fused-ring (bicyclic) bond motifs is 2. The fraction of sp³-hybridized carbons (Fsp3) is 0.364. The number of thiophene rings is 1. The van der Waals surface area contributed by atoms with Gasteiger partial charge in [-0.05, 0) is 62.2 Å². The fourth-order valence-corrected chi connectivity index (χ4v) is 4.97. The number of hydrogen-bond acceptors (Lipinski definition) is 3. The lowest BCUT2D eigenvalue weighted by Crippen LogP contribution is -2.35. The van der Waals surface area contributed by atoms with E-state index in [0.717, 1.165) is 13.1 Å². The van der Waals surface area contributed by atoms with Gasteiger partial charge in [0, 0.05) is 34.1 Å². The quantitative estimate of drug-likeness (QED) is 0.720. The molecule has 4 rings (SSSR count). The average molecular weight is 351 g/mol. The molecule has 3 heteroatoms. The molecule has 2 aromatic carbocycles. The predicted octanol–water partition coefficient (Wildman–Crippen LogP) is 4.93. The van der Waals surface area contributed by atoms with Crippen molar-refractivity contribution in [2.75, 3.05) is 20.6 Å². The SMILES string of the molecule is CNC(C)(C)c1ccc2c(c1)CN(C)CC2c1cc2ccccc2s1. The van der Waals surface area contributed by atoms with Crippen molar-refractivity contribution in [2.24, 2.45) is 0 Å². The van der Waals surface area contributed by atoms with Crippen LogP contribution in [0.15, 0.2) is 48.5 Å². The van der Waals surface area contributed by atoms with Crippen molar-refractivity contribution in [3.63, 3.8) is 0 Å². The van der Waals surface area contributed by atoms with Gasteiger partial charge in [0.05, 0.1) is 0 Å². The largest absolute Gasteiger partial charge is 0.311 e. The van der Waals surface area contributed by atoms with Crippen molar-refractivity contribution in [1.29, 1.82) is 0 Å². The van der Waals surface area contributed by atoms with E-state index in [2.05, 4.69) is 79.6 Å². The van der Waals surface area contributed by atoms with E-state index < -0.39 is 0 Å². The molecule has 0 saturated heterocycles. The molecule has 0 aliphatic carbocycles. The van der Waals surface area contributed by atoms with Crippen LogP contribution in [0.3, 0.4) is 0 Å². The molecule has 1 N–H and O–H groups in total. The van der Waals surface area contributed by atoms with E-state index in [1.165, 1.54) is 31.7 Å². The summed E-state index contributed by atoms with van der Waals surface area (Å²) in [5, 5.41) is 4.79. The van der Waals surface area contributed by atoms with Gasteiger partial charge in [-0.1, -0.05) is 36.4 Å². The van der Waals surface area contributed by atoms with Crippen LogP contribution in [0, 0.1) is 0 Å². The summed E-state index contributed by atoms with van der Waals surface area (Å²) in [6, 6.07) is 18.2. The maximum Gasteiger partial charge on any atom is 0.0375 e. The molecule has 1 aliphatic rings. The van der Waals surface area contributed by atoms with Gasteiger partial charge in [0.15, 0.2) is 0 Å². The molecule has 0 bridgehead atoms. The molecular formula is C22H26N2S. The van der Waals surface area contributed by atoms with Crippen LogP contribution in [-0.4, -0.2) is 25.5 Å². The van der Waals surface area contributed by atoms with Crippen molar-refractivity contribution in [1.82, 2.24) is 10.2 Å². The highest BCUT2D eigenvalue weighted by atomic mass is 32.1. The Bertz CT molecular complexity index is 876. The molecule has 1 unspecified atom stereocenters. The van der Waals surface area contributed by atoms with Crippen molar-refractivity contribution < 1.29 is 0 Å². The van der Waals surface area contributed by atoms with Crippen LogP contribution in [0.5, 0.6) is 0 Å². The summed E-state index contributed by atoms with van der Waals surface area (Å²) in [5.74, 6) is 0.470. The average Bonchev–Trinajstić information content (AvgIpc) is 3.04. The first-order valence-corrected chi connectivity index (χ1v) is 9.79. The van der Waals surface area contributed by atoms with Crippen LogP contribution in [0.25, 0.3) is 10.1 Å². The van der Waals surface area contributed by atoms with Gasteiger partial charge in [-0.3, -0.25) is 0 Å². The van der Waals surface area contributed by atoms with E-state index in [1.54, 1.807) is 0 Å². The topological polar surface area (TPSA) is 15.3 Å². The number of rotatable bonds is 3. The first-order valence-electron chi connectivity index (χ1n) is 8.97. The van der Waals surface area contributed by atoms with Crippen LogP contribution in [0.2, 0.25) is 0 Å². The Balaban J connectivity index is 1.79. The number of hydrogen-bond donors (Lipinski definition) is 1. The molecule has 0 radical (unpaired) electrons. The first-order chi connectivity index (χ1) is 12.0. The number of benzene rings is 2. The van der Waals surface area contributed by atoms with E-state index in [-0.39, 0.29) is 5.54 Å². The van der Waals surface area contributed by atoms with E-state index in [0.29, 0.717) is 5.92 Å². The van der Waals surface area contributed by atoms with Crippen molar-refractivity contribution in [3.05, 3.63) is 70.1 Å². The highest BCUT2D eigenvalue weighted by Gasteiger charge is 2.28. The zero-order valence-electron chi connectivity index (χ0n) is 15.5. The fourth-order valence-electron chi connectivity index (χ4n) is 3.80. The molecule has 0 fully saturated rings. The normalized spacial score (nSPS) is 18.5. The third-order valence-electron chi connectivity index (χ3n) is 5.59. The van der Waals surface area contributed by atoms with Gasteiger partial charge in [0.25, 0.3) is 0 Å². The van der Waals surface area contributed by atoms with Crippen LogP contribution in [-0.2, 0) is 12.1 Å². The summed E-state index contributed by atoms with van der Waals surface area (Å²) in [4.78, 5) is 3.93. The molecule has 0 amide bonds. The highest BCUT2D eigenvalue weighted by molar-refractivity contribution is 7.19. The Labute approximate surface area is 154 Å². The molecule has 1 aliphatic heterocycles. The minimum absolute atomic E-state index is 0.00183. The second-order valence-electron chi connectivity index (χ2n) is 7.72. The van der Waals surface area contributed by atoms with Gasteiger partial charge in [-0.2, -0.15) is 0 Å². The minimum Gasteiger partial charge on any atom is -0.311 e. The Morgan fingerprint density at radius 1 is 1.12 bits per heavy atom. The predicted molar refractivity (Wildman–Crippen MR) is 109 cm³/mol. The van der Waals surface area contributed by atoms with Crippen LogP contribution in [0.1, 0.15) is 41.3 Å². The summed E-state index contributed by atoms with van der Waals surface area (Å²) < 4.78 is 1.39. The molecule has 3 aromatic rings. The lowest BCUT2D eigenvalue weighted by Gasteiger charge is -2.34. The Morgan fingerprint density at radius 2 is 1.92 bits per heavy atom. The zero-order valence-corrected chi connectivity index (χ0v) is 16.3. The van der Waals surface area contributed by atoms with Gasteiger partial charge in [0.2, 0.25) is 0 Å².